The Labute approximate surface area is 61.8 Å². The molecule has 1 fully saturated rings. The normalized spacial score (nSPS) is 39.7. The van der Waals surface area contributed by atoms with E-state index >= 15 is 0 Å². The summed E-state index contributed by atoms with van der Waals surface area (Å²) in [5.74, 6) is 3.68. The van der Waals surface area contributed by atoms with Gasteiger partial charge in [0, 0.05) is 18.3 Å². The van der Waals surface area contributed by atoms with E-state index in [0.29, 0.717) is 18.1 Å². The first-order chi connectivity index (χ1) is 4.66. The van der Waals surface area contributed by atoms with Crippen LogP contribution in [-0.4, -0.2) is 5.78 Å². The molecule has 54 valence electrons. The monoisotopic (exact) mass is 136 g/mol. The van der Waals surface area contributed by atoms with Crippen molar-refractivity contribution in [3.8, 4) is 12.3 Å². The zero-order valence-electron chi connectivity index (χ0n) is 6.42. The van der Waals surface area contributed by atoms with Gasteiger partial charge in [0.25, 0.3) is 0 Å². The lowest BCUT2D eigenvalue weighted by Gasteiger charge is -2.09. The van der Waals surface area contributed by atoms with Crippen LogP contribution in [0.1, 0.15) is 20.3 Å². The SMILES string of the molecule is C#CC1C(C)C(=O)C[C@H]1C. The topological polar surface area (TPSA) is 17.1 Å². The van der Waals surface area contributed by atoms with Gasteiger partial charge in [-0.05, 0) is 5.92 Å². The molecule has 1 nitrogen and oxygen atoms in total. The van der Waals surface area contributed by atoms with Gasteiger partial charge in [-0.1, -0.05) is 13.8 Å². The van der Waals surface area contributed by atoms with Crippen molar-refractivity contribution in [2.75, 3.05) is 0 Å². The van der Waals surface area contributed by atoms with Gasteiger partial charge in [-0.3, -0.25) is 4.79 Å². The summed E-state index contributed by atoms with van der Waals surface area (Å²) in [7, 11) is 0. The van der Waals surface area contributed by atoms with Gasteiger partial charge < -0.3 is 0 Å². The lowest BCUT2D eigenvalue weighted by atomic mass is 9.93. The smallest absolute Gasteiger partial charge is 0.137 e. The summed E-state index contributed by atoms with van der Waals surface area (Å²) in [6.45, 7) is 3.97. The lowest BCUT2D eigenvalue weighted by Crippen LogP contribution is -2.10. The minimum atomic E-state index is 0.0972. The first-order valence-electron chi connectivity index (χ1n) is 3.65. The number of ketones is 1. The van der Waals surface area contributed by atoms with Gasteiger partial charge in [0.1, 0.15) is 5.78 Å². The van der Waals surface area contributed by atoms with Crippen LogP contribution in [-0.2, 0) is 4.79 Å². The maximum Gasteiger partial charge on any atom is 0.137 e. The molecule has 0 aromatic rings. The Balaban J connectivity index is 2.76. The minimum absolute atomic E-state index is 0.0972. The van der Waals surface area contributed by atoms with Crippen LogP contribution in [0.15, 0.2) is 0 Å². The summed E-state index contributed by atoms with van der Waals surface area (Å²) in [6.07, 6.45) is 5.95. The molecule has 0 heterocycles. The summed E-state index contributed by atoms with van der Waals surface area (Å²) in [5.41, 5.74) is 0. The van der Waals surface area contributed by atoms with E-state index in [0.717, 1.165) is 0 Å². The molecular formula is C9H12O. The van der Waals surface area contributed by atoms with Crippen LogP contribution in [0, 0.1) is 30.1 Å². The van der Waals surface area contributed by atoms with Crippen molar-refractivity contribution in [3.63, 3.8) is 0 Å². The van der Waals surface area contributed by atoms with E-state index in [1.165, 1.54) is 0 Å². The maximum atomic E-state index is 11.1. The molecule has 0 aromatic carbocycles. The largest absolute Gasteiger partial charge is 0.299 e. The average molecular weight is 136 g/mol. The van der Waals surface area contributed by atoms with Gasteiger partial charge >= 0.3 is 0 Å². The van der Waals surface area contributed by atoms with E-state index in [4.69, 9.17) is 6.42 Å². The van der Waals surface area contributed by atoms with E-state index in [2.05, 4.69) is 5.92 Å². The summed E-state index contributed by atoms with van der Waals surface area (Å²) < 4.78 is 0. The number of hydrogen-bond acceptors (Lipinski definition) is 1. The molecule has 1 saturated carbocycles. The van der Waals surface area contributed by atoms with Crippen LogP contribution in [0.5, 0.6) is 0 Å². The molecular weight excluding hydrogens is 124 g/mol. The van der Waals surface area contributed by atoms with Crippen molar-refractivity contribution in [2.24, 2.45) is 17.8 Å². The molecule has 1 aliphatic rings. The first kappa shape index (κ1) is 7.34. The van der Waals surface area contributed by atoms with Crippen LogP contribution in [0.4, 0.5) is 0 Å². The zero-order chi connectivity index (χ0) is 7.72. The fourth-order valence-corrected chi connectivity index (χ4v) is 1.63. The van der Waals surface area contributed by atoms with Crippen molar-refractivity contribution < 1.29 is 4.79 Å². The van der Waals surface area contributed by atoms with Gasteiger partial charge in [0.2, 0.25) is 0 Å². The molecule has 0 aliphatic heterocycles. The molecule has 3 atom stereocenters. The molecule has 0 N–H and O–H groups in total. The number of rotatable bonds is 0. The summed E-state index contributed by atoms with van der Waals surface area (Å²) in [5, 5.41) is 0. The Morgan fingerprint density at radius 3 is 2.40 bits per heavy atom. The van der Waals surface area contributed by atoms with Crippen molar-refractivity contribution in [1.82, 2.24) is 0 Å². The quantitative estimate of drug-likeness (QED) is 0.461. The minimum Gasteiger partial charge on any atom is -0.299 e. The van der Waals surface area contributed by atoms with Crippen LogP contribution in [0.3, 0.4) is 0 Å². The van der Waals surface area contributed by atoms with Gasteiger partial charge in [-0.15, -0.1) is 12.3 Å². The Morgan fingerprint density at radius 2 is 2.20 bits per heavy atom. The number of terminal acetylenes is 1. The van der Waals surface area contributed by atoms with Crippen molar-refractivity contribution in [2.45, 2.75) is 20.3 Å². The summed E-state index contributed by atoms with van der Waals surface area (Å²) in [4.78, 5) is 11.1. The molecule has 0 amide bonds. The fraction of sp³-hybridized carbons (Fsp3) is 0.667. The predicted octanol–water partition coefficient (Wildman–Crippen LogP) is 1.48. The molecule has 1 rings (SSSR count). The highest BCUT2D eigenvalue weighted by Gasteiger charge is 2.35. The highest BCUT2D eigenvalue weighted by atomic mass is 16.1. The van der Waals surface area contributed by atoms with Gasteiger partial charge in [-0.2, -0.15) is 0 Å². The van der Waals surface area contributed by atoms with E-state index in [-0.39, 0.29) is 11.8 Å². The predicted molar refractivity (Wildman–Crippen MR) is 40.3 cm³/mol. The molecule has 2 unspecified atom stereocenters. The highest BCUT2D eigenvalue weighted by molar-refractivity contribution is 5.84. The first-order valence-corrected chi connectivity index (χ1v) is 3.65. The lowest BCUT2D eigenvalue weighted by molar-refractivity contribution is -0.120. The maximum absolute atomic E-state index is 11.1. The molecule has 0 saturated heterocycles. The molecule has 10 heavy (non-hydrogen) atoms. The van der Waals surface area contributed by atoms with Crippen molar-refractivity contribution in [3.05, 3.63) is 0 Å². The number of hydrogen-bond donors (Lipinski definition) is 0. The second-order valence-electron chi connectivity index (χ2n) is 3.13. The third-order valence-corrected chi connectivity index (χ3v) is 2.38. The Hall–Kier alpha value is -0.770. The molecule has 0 bridgehead atoms. The van der Waals surface area contributed by atoms with Gasteiger partial charge in [0.05, 0.1) is 0 Å². The Bertz CT molecular complexity index is 187. The highest BCUT2D eigenvalue weighted by Crippen LogP contribution is 2.32. The molecule has 1 heteroatoms. The fourth-order valence-electron chi connectivity index (χ4n) is 1.63. The zero-order valence-corrected chi connectivity index (χ0v) is 6.42. The number of Topliss-reactive ketones (excluding diaryl/α,β-unsaturated/α-hetero) is 1. The Morgan fingerprint density at radius 1 is 1.60 bits per heavy atom. The molecule has 0 spiro atoms. The average Bonchev–Trinajstić information content (AvgIpc) is 2.09. The van der Waals surface area contributed by atoms with Gasteiger partial charge in [-0.25, -0.2) is 0 Å². The van der Waals surface area contributed by atoms with Crippen LogP contribution < -0.4 is 0 Å². The van der Waals surface area contributed by atoms with E-state index in [1.54, 1.807) is 0 Å². The molecule has 0 radical (unpaired) electrons. The van der Waals surface area contributed by atoms with Crippen molar-refractivity contribution >= 4 is 5.78 Å². The summed E-state index contributed by atoms with van der Waals surface area (Å²) >= 11 is 0. The van der Waals surface area contributed by atoms with Crippen LogP contribution >= 0.6 is 0 Å². The number of carbonyl (C=O) groups is 1. The van der Waals surface area contributed by atoms with Gasteiger partial charge in [0.15, 0.2) is 0 Å². The Kier molecular flexibility index (Phi) is 1.80. The standard InChI is InChI=1S/C9H12O/c1-4-8-6(2)5-9(10)7(8)3/h1,6-8H,5H2,2-3H3/t6-,7?,8?/m1/s1. The van der Waals surface area contributed by atoms with Crippen LogP contribution in [0.2, 0.25) is 0 Å². The van der Waals surface area contributed by atoms with E-state index in [1.807, 2.05) is 13.8 Å². The second kappa shape index (κ2) is 2.46. The molecule has 0 aromatic heterocycles. The molecule has 1 aliphatic carbocycles. The van der Waals surface area contributed by atoms with Crippen molar-refractivity contribution in [1.29, 1.82) is 0 Å². The number of carbonyl (C=O) groups excluding carboxylic acids is 1. The third-order valence-electron chi connectivity index (χ3n) is 2.38. The van der Waals surface area contributed by atoms with E-state index in [9.17, 15) is 4.79 Å². The second-order valence-corrected chi connectivity index (χ2v) is 3.13. The van der Waals surface area contributed by atoms with Crippen LogP contribution in [0.25, 0.3) is 0 Å². The summed E-state index contributed by atoms with van der Waals surface area (Å²) in [6, 6.07) is 0. The third kappa shape index (κ3) is 0.945. The van der Waals surface area contributed by atoms with E-state index < -0.39 is 0 Å².